The number of imide groups is 1. The molecule has 2 amide bonds. The molecule has 0 spiro atoms. The van der Waals surface area contributed by atoms with Gasteiger partial charge in [0.25, 0.3) is 11.8 Å². The average Bonchev–Trinajstić information content (AvgIpc) is 2.66. The van der Waals surface area contributed by atoms with Crippen molar-refractivity contribution in [3.05, 3.63) is 32.8 Å². The van der Waals surface area contributed by atoms with Gasteiger partial charge in [-0.2, -0.15) is 0 Å². The lowest BCUT2D eigenvalue weighted by molar-refractivity contribution is -0.172. The van der Waals surface area contributed by atoms with E-state index in [-0.39, 0.29) is 33.5 Å². The van der Waals surface area contributed by atoms with Crippen LogP contribution in [0.3, 0.4) is 0 Å². The van der Waals surface area contributed by atoms with Gasteiger partial charge >= 0.3 is 5.97 Å². The molecule has 1 aliphatic rings. The van der Waals surface area contributed by atoms with Crippen LogP contribution in [0.1, 0.15) is 23.2 Å². The van der Waals surface area contributed by atoms with Crippen molar-refractivity contribution in [2.75, 3.05) is 0 Å². The Bertz CT molecular complexity index is 572. The second-order valence-corrected chi connectivity index (χ2v) is 4.87. The van der Waals surface area contributed by atoms with Gasteiger partial charge in [-0.25, -0.2) is 4.79 Å². The third-order valence-electron chi connectivity index (χ3n) is 2.43. The van der Waals surface area contributed by atoms with Gasteiger partial charge in [0.2, 0.25) is 0 Å². The van der Waals surface area contributed by atoms with Crippen molar-refractivity contribution in [1.82, 2.24) is 5.06 Å². The van der Waals surface area contributed by atoms with Crippen LogP contribution in [-0.4, -0.2) is 22.8 Å². The van der Waals surface area contributed by atoms with E-state index in [1.54, 1.807) is 0 Å². The molecule has 1 heterocycles. The van der Waals surface area contributed by atoms with E-state index in [1.165, 1.54) is 12.1 Å². The fraction of sp³-hybridized carbons (Fsp3) is 0.182. The number of carbonyl (C=O) groups excluding carboxylic acids is 3. The quantitative estimate of drug-likeness (QED) is 0.620. The van der Waals surface area contributed by atoms with E-state index in [9.17, 15) is 14.4 Å². The Morgan fingerprint density at radius 1 is 1.05 bits per heavy atom. The summed E-state index contributed by atoms with van der Waals surface area (Å²) in [6, 6.07) is 2.77. The van der Waals surface area contributed by atoms with E-state index in [2.05, 4.69) is 0 Å². The first kappa shape index (κ1) is 14.1. The Morgan fingerprint density at radius 3 is 2.16 bits per heavy atom. The van der Waals surface area contributed by atoms with Gasteiger partial charge in [-0.15, -0.1) is 5.06 Å². The molecule has 0 bridgehead atoms. The van der Waals surface area contributed by atoms with Crippen molar-refractivity contribution in [2.24, 2.45) is 0 Å². The first-order valence-corrected chi connectivity index (χ1v) is 6.26. The minimum atomic E-state index is -1.01. The molecule has 0 atom stereocenters. The molecule has 1 aromatic carbocycles. The molecule has 1 saturated heterocycles. The molecule has 2 rings (SSSR count). The molecule has 100 valence electrons. The van der Waals surface area contributed by atoms with Crippen molar-refractivity contribution in [3.8, 4) is 0 Å². The Balaban J connectivity index is 2.28. The number of amides is 2. The zero-order valence-corrected chi connectivity index (χ0v) is 11.6. The van der Waals surface area contributed by atoms with E-state index in [4.69, 9.17) is 39.6 Å². The Morgan fingerprint density at radius 2 is 1.58 bits per heavy atom. The molecule has 5 nitrogen and oxygen atoms in total. The second-order valence-electron chi connectivity index (χ2n) is 3.68. The summed E-state index contributed by atoms with van der Waals surface area (Å²) in [5, 5.41) is 0.435. The van der Waals surface area contributed by atoms with Crippen LogP contribution in [0.2, 0.25) is 15.1 Å². The molecule has 1 fully saturated rings. The van der Waals surface area contributed by atoms with E-state index >= 15 is 0 Å². The maximum Gasteiger partial charge on any atom is 0.366 e. The summed E-state index contributed by atoms with van der Waals surface area (Å²) in [7, 11) is 0. The molecule has 1 aromatic rings. The lowest BCUT2D eigenvalue weighted by Crippen LogP contribution is -2.32. The Kier molecular flexibility index (Phi) is 3.99. The highest BCUT2D eigenvalue weighted by molar-refractivity contribution is 6.46. The lowest BCUT2D eigenvalue weighted by atomic mass is 10.2. The monoisotopic (exact) mass is 321 g/mol. The summed E-state index contributed by atoms with van der Waals surface area (Å²) in [5.74, 6) is -2.19. The van der Waals surface area contributed by atoms with Gasteiger partial charge in [0.1, 0.15) is 5.56 Å². The zero-order valence-electron chi connectivity index (χ0n) is 9.28. The number of hydroxylamine groups is 2. The van der Waals surface area contributed by atoms with Gasteiger partial charge in [-0.05, 0) is 12.1 Å². The average molecular weight is 323 g/mol. The van der Waals surface area contributed by atoms with Crippen LogP contribution in [0, 0.1) is 0 Å². The van der Waals surface area contributed by atoms with Crippen LogP contribution in [0.5, 0.6) is 0 Å². The van der Waals surface area contributed by atoms with E-state index in [0.29, 0.717) is 5.06 Å². The molecule has 8 heteroatoms. The van der Waals surface area contributed by atoms with Gasteiger partial charge < -0.3 is 4.84 Å². The topological polar surface area (TPSA) is 63.7 Å². The van der Waals surface area contributed by atoms with Gasteiger partial charge in [0.15, 0.2) is 0 Å². The fourth-order valence-electron chi connectivity index (χ4n) is 1.50. The SMILES string of the molecule is O=C(ON1C(=O)CCC1=O)c1c(Cl)ccc(Cl)c1Cl. The van der Waals surface area contributed by atoms with Crippen LogP contribution in [0.4, 0.5) is 0 Å². The highest BCUT2D eigenvalue weighted by Crippen LogP contribution is 2.32. The Hall–Kier alpha value is -1.30. The minimum Gasteiger partial charge on any atom is -0.325 e. The highest BCUT2D eigenvalue weighted by Gasteiger charge is 2.34. The summed E-state index contributed by atoms with van der Waals surface area (Å²) in [6.45, 7) is 0. The van der Waals surface area contributed by atoms with Gasteiger partial charge in [-0.3, -0.25) is 9.59 Å². The van der Waals surface area contributed by atoms with Gasteiger partial charge in [0, 0.05) is 12.8 Å². The first-order valence-electron chi connectivity index (χ1n) is 5.13. The van der Waals surface area contributed by atoms with Crippen LogP contribution in [0.15, 0.2) is 12.1 Å². The number of nitrogens with zero attached hydrogens (tertiary/aromatic N) is 1. The van der Waals surface area contributed by atoms with E-state index in [0.717, 1.165) is 0 Å². The lowest BCUT2D eigenvalue weighted by Gasteiger charge is -2.14. The van der Waals surface area contributed by atoms with Gasteiger partial charge in [0.05, 0.1) is 15.1 Å². The molecule has 0 unspecified atom stereocenters. The van der Waals surface area contributed by atoms with Crippen molar-refractivity contribution < 1.29 is 19.2 Å². The summed E-state index contributed by atoms with van der Waals surface area (Å²) in [4.78, 5) is 39.2. The molecule has 0 saturated carbocycles. The fourth-order valence-corrected chi connectivity index (χ4v) is 2.18. The molecule has 1 aliphatic heterocycles. The van der Waals surface area contributed by atoms with E-state index in [1.807, 2.05) is 0 Å². The highest BCUT2D eigenvalue weighted by atomic mass is 35.5. The Labute approximate surface area is 122 Å². The summed E-state index contributed by atoms with van der Waals surface area (Å²) in [5.41, 5.74) is -0.191. The maximum atomic E-state index is 11.9. The number of halogens is 3. The molecule has 19 heavy (non-hydrogen) atoms. The molecular weight excluding hydrogens is 316 g/mol. The number of hydrogen-bond donors (Lipinski definition) is 0. The van der Waals surface area contributed by atoms with Crippen molar-refractivity contribution in [2.45, 2.75) is 12.8 Å². The maximum absolute atomic E-state index is 11.9. The van der Waals surface area contributed by atoms with E-state index < -0.39 is 17.8 Å². The third-order valence-corrected chi connectivity index (χ3v) is 3.55. The molecule has 0 radical (unpaired) electrons. The van der Waals surface area contributed by atoms with Crippen LogP contribution < -0.4 is 0 Å². The number of hydrogen-bond acceptors (Lipinski definition) is 4. The van der Waals surface area contributed by atoms with Crippen molar-refractivity contribution >= 4 is 52.6 Å². The standard InChI is InChI=1S/C11H6Cl3NO4/c12-5-1-2-6(13)10(14)9(5)11(18)19-15-7(16)3-4-8(15)17/h1-2H,3-4H2. The number of rotatable bonds is 2. The van der Waals surface area contributed by atoms with Crippen molar-refractivity contribution in [1.29, 1.82) is 0 Å². The van der Waals surface area contributed by atoms with Gasteiger partial charge in [-0.1, -0.05) is 34.8 Å². The second kappa shape index (κ2) is 5.36. The predicted molar refractivity (Wildman–Crippen MR) is 68.0 cm³/mol. The van der Waals surface area contributed by atoms with Crippen molar-refractivity contribution in [3.63, 3.8) is 0 Å². The predicted octanol–water partition coefficient (Wildman–Crippen LogP) is 2.87. The summed E-state index contributed by atoms with van der Waals surface area (Å²) in [6.07, 6.45) is 0.00620. The zero-order chi connectivity index (χ0) is 14.2. The molecule has 0 aromatic heterocycles. The minimum absolute atomic E-state index is 0.00310. The number of benzene rings is 1. The number of carbonyl (C=O) groups is 3. The largest absolute Gasteiger partial charge is 0.366 e. The summed E-state index contributed by atoms with van der Waals surface area (Å²) < 4.78 is 0. The van der Waals surface area contributed by atoms with Crippen LogP contribution >= 0.6 is 34.8 Å². The van der Waals surface area contributed by atoms with Crippen LogP contribution in [0.25, 0.3) is 0 Å². The summed E-state index contributed by atoms with van der Waals surface area (Å²) >= 11 is 17.4. The smallest absolute Gasteiger partial charge is 0.325 e. The molecule has 0 N–H and O–H groups in total. The molecular formula is C11H6Cl3NO4. The van der Waals surface area contributed by atoms with Crippen LogP contribution in [-0.2, 0) is 14.4 Å². The first-order chi connectivity index (χ1) is 8.91. The normalized spacial score (nSPS) is 15.0. The molecule has 0 aliphatic carbocycles. The third kappa shape index (κ3) is 2.68.